The Balaban J connectivity index is 1.33. The molecule has 0 atom stereocenters. The number of unbranched alkanes of at least 4 members (excludes halogenated alkanes) is 3. The molecule has 6 heteroatoms. The van der Waals surface area contributed by atoms with Gasteiger partial charge in [-0.25, -0.2) is 5.43 Å². The lowest BCUT2D eigenvalue weighted by atomic mass is 9.81. The fourth-order valence-electron chi connectivity index (χ4n) is 7.90. The number of hydrogen-bond acceptors (Lipinski definition) is 5. The highest BCUT2D eigenvalue weighted by Gasteiger charge is 2.32. The average molecular weight is 675 g/mol. The maximum Gasteiger partial charge on any atom is 0.0560 e. The second kappa shape index (κ2) is 16.6. The highest BCUT2D eigenvalue weighted by Crippen LogP contribution is 2.42. The summed E-state index contributed by atoms with van der Waals surface area (Å²) in [4.78, 5) is 10.4. The zero-order valence-corrected chi connectivity index (χ0v) is 31.7. The minimum Gasteiger partial charge on any atom is -0.368 e. The van der Waals surface area contributed by atoms with Crippen LogP contribution in [0.25, 0.3) is 33.3 Å². The van der Waals surface area contributed by atoms with Gasteiger partial charge in [0.05, 0.1) is 17.6 Å². The molecule has 6 nitrogen and oxygen atoms in total. The summed E-state index contributed by atoms with van der Waals surface area (Å²) in [5.74, 6) is 0. The monoisotopic (exact) mass is 675 g/mol. The zero-order chi connectivity index (χ0) is 35.1. The fourth-order valence-corrected chi connectivity index (χ4v) is 7.90. The summed E-state index contributed by atoms with van der Waals surface area (Å²) in [6, 6.07) is 19.8. The molecule has 0 unspecified atom stereocenters. The number of nitrogens with zero attached hydrogens (tertiary/aromatic N) is 4. The maximum absolute atomic E-state index is 5.17. The Morgan fingerprint density at radius 3 is 2.42 bits per heavy atom. The number of aromatic nitrogens is 2. The molecule has 2 aromatic heterocycles. The molecule has 1 saturated carbocycles. The van der Waals surface area contributed by atoms with Gasteiger partial charge in [-0.05, 0) is 97.7 Å². The molecule has 2 aliphatic rings. The molecular weight excluding hydrogens is 613 g/mol. The Morgan fingerprint density at radius 1 is 0.920 bits per heavy atom. The molecule has 50 heavy (non-hydrogen) atoms. The summed E-state index contributed by atoms with van der Waals surface area (Å²) in [5, 5.41) is 1.40. The van der Waals surface area contributed by atoms with Crippen molar-refractivity contribution in [1.29, 1.82) is 0 Å². The summed E-state index contributed by atoms with van der Waals surface area (Å²) in [5.41, 5.74) is 18.4. The molecule has 6 rings (SSSR count). The molecule has 2 aromatic carbocycles. The van der Waals surface area contributed by atoms with E-state index < -0.39 is 0 Å². The van der Waals surface area contributed by atoms with Gasteiger partial charge in [0.25, 0.3) is 0 Å². The van der Waals surface area contributed by atoms with Crippen molar-refractivity contribution in [3.8, 4) is 22.4 Å². The normalized spacial score (nSPS) is 15.6. The van der Waals surface area contributed by atoms with Gasteiger partial charge in [0.1, 0.15) is 0 Å². The third kappa shape index (κ3) is 8.46. The number of hydrogen-bond donors (Lipinski definition) is 2. The van der Waals surface area contributed by atoms with Crippen molar-refractivity contribution in [3.63, 3.8) is 0 Å². The van der Waals surface area contributed by atoms with E-state index >= 15 is 0 Å². The van der Waals surface area contributed by atoms with E-state index in [0.29, 0.717) is 0 Å². The summed E-state index contributed by atoms with van der Waals surface area (Å²) in [6.07, 6.45) is 15.7. The van der Waals surface area contributed by atoms with E-state index in [9.17, 15) is 0 Å². The van der Waals surface area contributed by atoms with Gasteiger partial charge in [-0.1, -0.05) is 83.9 Å². The lowest BCUT2D eigenvalue weighted by molar-refractivity contribution is 0.248. The highest BCUT2D eigenvalue weighted by molar-refractivity contribution is 5.95. The van der Waals surface area contributed by atoms with Crippen LogP contribution >= 0.6 is 0 Å². The lowest BCUT2D eigenvalue weighted by Gasteiger charge is -2.36. The third-order valence-corrected chi connectivity index (χ3v) is 11.4. The van der Waals surface area contributed by atoms with Gasteiger partial charge in [0.15, 0.2) is 0 Å². The quantitative estimate of drug-likeness (QED) is 0.0813. The Bertz CT molecular complexity index is 1720. The van der Waals surface area contributed by atoms with Crippen LogP contribution in [-0.2, 0) is 25.8 Å². The van der Waals surface area contributed by atoms with Crippen LogP contribution in [0.2, 0.25) is 0 Å². The number of nitrogens with one attached hydrogen (secondary N) is 2. The smallest absolute Gasteiger partial charge is 0.0560 e. The molecule has 1 saturated heterocycles. The Labute approximate surface area is 302 Å². The van der Waals surface area contributed by atoms with Crippen molar-refractivity contribution in [2.45, 2.75) is 111 Å². The van der Waals surface area contributed by atoms with Crippen LogP contribution < -0.4 is 15.8 Å². The van der Waals surface area contributed by atoms with Gasteiger partial charge in [-0.15, -0.1) is 0 Å². The molecule has 1 aliphatic heterocycles. The second-order valence-electron chi connectivity index (χ2n) is 15.4. The van der Waals surface area contributed by atoms with Crippen molar-refractivity contribution in [2.75, 3.05) is 37.6 Å². The van der Waals surface area contributed by atoms with Gasteiger partial charge < -0.3 is 14.9 Å². The van der Waals surface area contributed by atoms with Gasteiger partial charge in [0, 0.05) is 73.7 Å². The summed E-state index contributed by atoms with van der Waals surface area (Å²) in [7, 11) is 0. The van der Waals surface area contributed by atoms with Crippen LogP contribution in [0.1, 0.15) is 96.4 Å². The number of aryl methyl sites for hydroxylation is 3. The standard InChI is InChI=1S/C44H62N6/c1-7-41-39(30-37(32-45-41)49-26-24-48(25-27-49)36-20-21-36)43-40(31-44(5,6)8-2)38-29-35(19-22-42(38)50(43)10-4)34-18-15-17-33(28-34)16-13-11-12-14-23-47-46-9-3/h9,15,17-19,22,28-30,32,36,46-47H,3,7-8,10-14,16,20-21,23-27,31H2,1-2,4-6H3. The molecule has 2 fully saturated rings. The first-order valence-corrected chi connectivity index (χ1v) is 19.7. The highest BCUT2D eigenvalue weighted by atomic mass is 15.3. The average Bonchev–Trinajstić information content (AvgIpc) is 3.96. The number of hydrazine groups is 1. The van der Waals surface area contributed by atoms with E-state index in [1.54, 1.807) is 6.20 Å². The lowest BCUT2D eigenvalue weighted by Crippen LogP contribution is -2.47. The molecular formula is C44H62N6. The summed E-state index contributed by atoms with van der Waals surface area (Å²) >= 11 is 0. The number of piperazine rings is 1. The Hall–Kier alpha value is -3.61. The summed E-state index contributed by atoms with van der Waals surface area (Å²) < 4.78 is 2.59. The van der Waals surface area contributed by atoms with Gasteiger partial charge >= 0.3 is 0 Å². The van der Waals surface area contributed by atoms with Crippen LogP contribution in [0.15, 0.2) is 67.5 Å². The fraction of sp³-hybridized carbons (Fsp3) is 0.523. The minimum absolute atomic E-state index is 0.187. The maximum atomic E-state index is 5.17. The van der Waals surface area contributed by atoms with Crippen LogP contribution in [0.5, 0.6) is 0 Å². The first kappa shape index (κ1) is 36.2. The van der Waals surface area contributed by atoms with Gasteiger partial charge in [-0.2, -0.15) is 0 Å². The topological polar surface area (TPSA) is 48.4 Å². The number of rotatable bonds is 18. The van der Waals surface area contributed by atoms with E-state index in [1.165, 1.54) is 94.3 Å². The Morgan fingerprint density at radius 2 is 1.70 bits per heavy atom. The molecule has 0 spiro atoms. The number of anilines is 1. The van der Waals surface area contributed by atoms with Crippen molar-refractivity contribution in [1.82, 2.24) is 25.3 Å². The SMILES string of the molecule is C=CNNCCCCCCc1cccc(-c2ccc3c(c2)c(CC(C)(C)CC)c(-c2cc(N4CCN(C5CC5)CC4)cnc2CC)n3CC)c1. The molecule has 4 aromatic rings. The molecule has 0 amide bonds. The van der Waals surface area contributed by atoms with E-state index in [-0.39, 0.29) is 5.41 Å². The number of benzene rings is 2. The molecule has 3 heterocycles. The molecule has 268 valence electrons. The number of fused-ring (bicyclic) bond motifs is 1. The van der Waals surface area contributed by atoms with Gasteiger partial charge in [-0.3, -0.25) is 9.88 Å². The van der Waals surface area contributed by atoms with E-state index in [1.807, 2.05) is 0 Å². The molecule has 1 aliphatic carbocycles. The molecule has 0 radical (unpaired) electrons. The van der Waals surface area contributed by atoms with Crippen LogP contribution in [-0.4, -0.2) is 53.2 Å². The van der Waals surface area contributed by atoms with Crippen molar-refractivity contribution < 1.29 is 0 Å². The first-order valence-electron chi connectivity index (χ1n) is 19.7. The van der Waals surface area contributed by atoms with E-state index in [4.69, 9.17) is 4.98 Å². The predicted molar refractivity (Wildman–Crippen MR) is 214 cm³/mol. The van der Waals surface area contributed by atoms with Gasteiger partial charge in [0.2, 0.25) is 0 Å². The largest absolute Gasteiger partial charge is 0.368 e. The summed E-state index contributed by atoms with van der Waals surface area (Å²) in [6.45, 7) is 21.9. The second-order valence-corrected chi connectivity index (χ2v) is 15.4. The van der Waals surface area contributed by atoms with Crippen molar-refractivity contribution in [2.24, 2.45) is 5.41 Å². The third-order valence-electron chi connectivity index (χ3n) is 11.4. The number of pyridine rings is 1. The van der Waals surface area contributed by atoms with Crippen LogP contribution in [0.3, 0.4) is 0 Å². The van der Waals surface area contributed by atoms with E-state index in [2.05, 4.69) is 121 Å². The van der Waals surface area contributed by atoms with E-state index in [0.717, 1.165) is 71.0 Å². The van der Waals surface area contributed by atoms with Crippen LogP contribution in [0.4, 0.5) is 5.69 Å². The van der Waals surface area contributed by atoms with Crippen molar-refractivity contribution in [3.05, 3.63) is 84.3 Å². The zero-order valence-electron chi connectivity index (χ0n) is 31.7. The predicted octanol–water partition coefficient (Wildman–Crippen LogP) is 9.56. The Kier molecular flexibility index (Phi) is 12.0. The molecule has 0 bridgehead atoms. The minimum atomic E-state index is 0.187. The van der Waals surface area contributed by atoms with Crippen LogP contribution in [0, 0.1) is 5.41 Å². The first-order chi connectivity index (χ1) is 24.4. The van der Waals surface area contributed by atoms with Crippen molar-refractivity contribution >= 4 is 16.6 Å². The molecule has 2 N–H and O–H groups in total.